The molecule has 262 valence electrons. The highest BCUT2D eigenvalue weighted by atomic mass is 16.5. The second kappa shape index (κ2) is 11.8. The number of rotatable bonds is 4. The molecule has 2 heterocycles. The van der Waals surface area contributed by atoms with Gasteiger partial charge in [-0.3, -0.25) is 0 Å². The van der Waals surface area contributed by atoms with Gasteiger partial charge in [-0.2, -0.15) is 0 Å². The summed E-state index contributed by atoms with van der Waals surface area (Å²) < 4.78 is 9.38. The monoisotopic (exact) mass is 714 g/mol. The Morgan fingerprint density at radius 3 is 1.89 bits per heavy atom. The maximum absolute atomic E-state index is 7.02. The molecule has 1 aliphatic heterocycles. The Labute approximate surface area is 324 Å². The Hall–Kier alpha value is -7.36. The largest absolute Gasteiger partial charge is 0.457 e. The minimum Gasteiger partial charge on any atom is -0.457 e. The molecule has 1 aliphatic carbocycles. The van der Waals surface area contributed by atoms with E-state index in [1.807, 2.05) is 0 Å². The molecule has 1 spiro atoms. The van der Waals surface area contributed by atoms with Crippen molar-refractivity contribution in [2.45, 2.75) is 5.41 Å². The van der Waals surface area contributed by atoms with Crippen LogP contribution in [0.25, 0.3) is 49.4 Å². The first-order valence-electron chi connectivity index (χ1n) is 19.3. The molecule has 1 aromatic heterocycles. The summed E-state index contributed by atoms with van der Waals surface area (Å²) in [5.41, 5.74) is 13.5. The van der Waals surface area contributed by atoms with Gasteiger partial charge in [0.25, 0.3) is 0 Å². The normalized spacial score (nSPS) is 15.0. The van der Waals surface area contributed by atoms with E-state index in [2.05, 4.69) is 216 Å². The van der Waals surface area contributed by atoms with Gasteiger partial charge in [0.05, 0.1) is 16.4 Å². The molecule has 56 heavy (non-hydrogen) atoms. The summed E-state index contributed by atoms with van der Waals surface area (Å²) in [6.45, 7) is 0. The van der Waals surface area contributed by atoms with Gasteiger partial charge < -0.3 is 14.2 Å². The van der Waals surface area contributed by atoms with Crippen LogP contribution in [0.5, 0.6) is 11.5 Å². The van der Waals surface area contributed by atoms with Crippen LogP contribution in [-0.2, 0) is 5.41 Å². The van der Waals surface area contributed by atoms with Crippen LogP contribution in [0.3, 0.4) is 0 Å². The Bertz CT molecular complexity index is 3180. The Balaban J connectivity index is 1.11. The van der Waals surface area contributed by atoms with Gasteiger partial charge in [0.2, 0.25) is 0 Å². The summed E-state index contributed by atoms with van der Waals surface area (Å²) in [5, 5.41) is 4.97. The second-order valence-corrected chi connectivity index (χ2v) is 14.8. The number of hydrogen-bond donors (Lipinski definition) is 0. The maximum atomic E-state index is 7.02. The quantitative estimate of drug-likeness (QED) is 0.181. The lowest BCUT2D eigenvalue weighted by atomic mass is 9.58. The fraction of sp³-hybridized carbons (Fsp3) is 0.0189. The molecule has 3 nitrogen and oxygen atoms in total. The molecule has 0 saturated carbocycles. The van der Waals surface area contributed by atoms with Crippen LogP contribution in [-0.4, -0.2) is 4.57 Å². The van der Waals surface area contributed by atoms with Crippen molar-refractivity contribution in [1.29, 1.82) is 0 Å². The lowest BCUT2D eigenvalue weighted by Crippen LogP contribution is -2.36. The number of hydrogen-bond acceptors (Lipinski definition) is 2. The molecule has 0 N–H and O–H groups in total. The average Bonchev–Trinajstić information content (AvgIpc) is 3.59. The summed E-state index contributed by atoms with van der Waals surface area (Å²) in [5.74, 6) is 1.74. The summed E-state index contributed by atoms with van der Waals surface area (Å²) in [7, 11) is 0. The highest BCUT2D eigenvalue weighted by Gasteiger charge is 2.49. The van der Waals surface area contributed by atoms with E-state index >= 15 is 0 Å². The first-order chi connectivity index (χ1) is 27.8. The van der Waals surface area contributed by atoms with Gasteiger partial charge in [-0.05, 0) is 93.7 Å². The lowest BCUT2D eigenvalue weighted by molar-refractivity contribution is 0.435. The third-order valence-corrected chi connectivity index (χ3v) is 12.0. The van der Waals surface area contributed by atoms with E-state index in [-0.39, 0.29) is 0 Å². The van der Waals surface area contributed by atoms with E-state index in [4.69, 9.17) is 4.74 Å². The molecule has 0 fully saturated rings. The Kier molecular flexibility index (Phi) is 6.55. The maximum Gasteiger partial charge on any atom is 0.134 e. The van der Waals surface area contributed by atoms with Crippen molar-refractivity contribution in [3.8, 4) is 28.3 Å². The SMILES string of the molecule is c1ccc(N(c2ccc3c(c2)Oc2ccccc2C32c3ccccc3-c3cccc4cccc2c34)c2ccc3c(c2)c2ccccc2n3-c2ccccc2)cc1. The fourth-order valence-electron chi connectivity index (χ4n) is 9.80. The third-order valence-electron chi connectivity index (χ3n) is 12.0. The molecule has 0 amide bonds. The number of anilines is 3. The third kappa shape index (κ3) is 4.22. The molecule has 12 rings (SSSR count). The molecule has 2 aliphatic rings. The van der Waals surface area contributed by atoms with E-state index in [9.17, 15) is 0 Å². The molecule has 10 aromatic rings. The predicted molar refractivity (Wildman–Crippen MR) is 230 cm³/mol. The van der Waals surface area contributed by atoms with Gasteiger partial charge in [-0.15, -0.1) is 0 Å². The number of nitrogens with zero attached hydrogens (tertiary/aromatic N) is 2. The summed E-state index contributed by atoms with van der Waals surface area (Å²) in [6, 6.07) is 74.8. The van der Waals surface area contributed by atoms with Crippen LogP contribution in [0.4, 0.5) is 17.1 Å². The van der Waals surface area contributed by atoms with Crippen molar-refractivity contribution >= 4 is 49.6 Å². The number of benzene rings is 9. The first-order valence-corrected chi connectivity index (χ1v) is 19.3. The van der Waals surface area contributed by atoms with Crippen LogP contribution in [0.15, 0.2) is 206 Å². The molecule has 1 unspecified atom stereocenters. The van der Waals surface area contributed by atoms with E-state index in [1.165, 1.54) is 54.8 Å². The van der Waals surface area contributed by atoms with Crippen molar-refractivity contribution in [2.24, 2.45) is 0 Å². The van der Waals surface area contributed by atoms with E-state index in [1.54, 1.807) is 0 Å². The highest BCUT2D eigenvalue weighted by molar-refractivity contribution is 6.11. The number of fused-ring (bicyclic) bond motifs is 11. The van der Waals surface area contributed by atoms with Crippen molar-refractivity contribution in [3.05, 3.63) is 229 Å². The molecule has 0 bridgehead atoms. The van der Waals surface area contributed by atoms with E-state index in [0.29, 0.717) is 0 Å². The summed E-state index contributed by atoms with van der Waals surface area (Å²) in [6.07, 6.45) is 0. The van der Waals surface area contributed by atoms with Crippen LogP contribution in [0, 0.1) is 0 Å². The minimum absolute atomic E-state index is 0.580. The fourth-order valence-corrected chi connectivity index (χ4v) is 9.80. The van der Waals surface area contributed by atoms with Gasteiger partial charge >= 0.3 is 0 Å². The Morgan fingerprint density at radius 1 is 0.393 bits per heavy atom. The van der Waals surface area contributed by atoms with Gasteiger partial charge in [-0.25, -0.2) is 0 Å². The molecule has 1 atom stereocenters. The van der Waals surface area contributed by atoms with Crippen LogP contribution in [0.1, 0.15) is 22.3 Å². The van der Waals surface area contributed by atoms with Crippen molar-refractivity contribution in [1.82, 2.24) is 4.57 Å². The van der Waals surface area contributed by atoms with Gasteiger partial charge in [0.15, 0.2) is 0 Å². The zero-order chi connectivity index (χ0) is 36.8. The van der Waals surface area contributed by atoms with Crippen LogP contribution >= 0.6 is 0 Å². The summed E-state index contributed by atoms with van der Waals surface area (Å²) >= 11 is 0. The van der Waals surface area contributed by atoms with E-state index in [0.717, 1.165) is 45.4 Å². The van der Waals surface area contributed by atoms with Crippen LogP contribution in [0.2, 0.25) is 0 Å². The molecule has 3 heteroatoms. The van der Waals surface area contributed by atoms with Gasteiger partial charge in [0, 0.05) is 50.7 Å². The molecular weight excluding hydrogens is 681 g/mol. The number of ether oxygens (including phenoxy) is 1. The second-order valence-electron chi connectivity index (χ2n) is 14.8. The average molecular weight is 715 g/mol. The zero-order valence-electron chi connectivity index (χ0n) is 30.4. The number of aromatic nitrogens is 1. The lowest BCUT2D eigenvalue weighted by Gasteiger charge is -2.45. The molecule has 0 radical (unpaired) electrons. The zero-order valence-corrected chi connectivity index (χ0v) is 30.4. The van der Waals surface area contributed by atoms with Crippen LogP contribution < -0.4 is 9.64 Å². The molecule has 9 aromatic carbocycles. The topological polar surface area (TPSA) is 17.4 Å². The van der Waals surface area contributed by atoms with E-state index < -0.39 is 5.41 Å². The highest BCUT2D eigenvalue weighted by Crippen LogP contribution is 2.61. The first kappa shape index (κ1) is 31.0. The van der Waals surface area contributed by atoms with Gasteiger partial charge in [0.1, 0.15) is 11.5 Å². The van der Waals surface area contributed by atoms with Crippen molar-refractivity contribution in [3.63, 3.8) is 0 Å². The summed E-state index contributed by atoms with van der Waals surface area (Å²) in [4.78, 5) is 2.36. The minimum atomic E-state index is -0.580. The Morgan fingerprint density at radius 2 is 1.02 bits per heavy atom. The molecular formula is C53H34N2O. The predicted octanol–water partition coefficient (Wildman–Crippen LogP) is 13.9. The van der Waals surface area contributed by atoms with Crippen molar-refractivity contribution < 1.29 is 4.74 Å². The van der Waals surface area contributed by atoms with Gasteiger partial charge in [-0.1, -0.05) is 140 Å². The number of para-hydroxylation sites is 4. The van der Waals surface area contributed by atoms with Crippen molar-refractivity contribution in [2.75, 3.05) is 4.90 Å². The standard InChI is InChI=1S/C53H34N2O/c1-3-17-36(18-4-1)54(38-30-32-49-43(33-38)41-22-8-11-27-48(41)55(49)37-19-5-2-6-20-37)39-29-31-46-51(34-39)56-50-28-12-10-25-45(50)53(46)44-24-9-7-21-40(44)42-23-13-15-35-16-14-26-47(53)52(35)42/h1-34H. The molecule has 0 saturated heterocycles. The smallest absolute Gasteiger partial charge is 0.134 e.